The first-order chi connectivity index (χ1) is 9.90. The molecule has 0 aliphatic carbocycles. The van der Waals surface area contributed by atoms with Crippen LogP contribution in [-0.2, 0) is 0 Å². The predicted octanol–water partition coefficient (Wildman–Crippen LogP) is 3.56. The maximum absolute atomic E-state index is 5.74. The quantitative estimate of drug-likeness (QED) is 0.800. The summed E-state index contributed by atoms with van der Waals surface area (Å²) in [5.74, 6) is 2.57. The van der Waals surface area contributed by atoms with Gasteiger partial charge < -0.3 is 9.47 Å². The second-order valence-corrected chi connectivity index (χ2v) is 4.93. The largest absolute Gasteiger partial charge is 0.492 e. The number of para-hydroxylation sites is 1. The first-order valence-electron chi connectivity index (χ1n) is 7.08. The number of nitrogens with zero attached hydrogens (tertiary/aromatic N) is 1. The molecule has 1 heterocycles. The molecule has 3 nitrogen and oxygen atoms in total. The molecular formula is C17H19NO2. The molecule has 0 N–H and O–H groups in total. The van der Waals surface area contributed by atoms with Gasteiger partial charge in [-0.3, -0.25) is 4.90 Å². The van der Waals surface area contributed by atoms with E-state index in [-0.39, 0.29) is 0 Å². The molecule has 2 aromatic carbocycles. The van der Waals surface area contributed by atoms with Crippen molar-refractivity contribution in [3.8, 4) is 17.2 Å². The lowest BCUT2D eigenvalue weighted by atomic mass is 10.2. The van der Waals surface area contributed by atoms with Crippen LogP contribution in [0.1, 0.15) is 6.42 Å². The van der Waals surface area contributed by atoms with E-state index in [0.29, 0.717) is 0 Å². The van der Waals surface area contributed by atoms with Crippen LogP contribution in [0.15, 0.2) is 54.6 Å². The van der Waals surface area contributed by atoms with Crippen LogP contribution in [0.25, 0.3) is 0 Å². The monoisotopic (exact) mass is 269 g/mol. The summed E-state index contributed by atoms with van der Waals surface area (Å²) in [6.07, 6.45) is 1.32. The normalized spacial score (nSPS) is 14.6. The van der Waals surface area contributed by atoms with Gasteiger partial charge in [0, 0.05) is 6.54 Å². The van der Waals surface area contributed by atoms with Gasteiger partial charge in [-0.1, -0.05) is 18.2 Å². The van der Waals surface area contributed by atoms with E-state index in [9.17, 15) is 0 Å². The number of benzene rings is 2. The summed E-state index contributed by atoms with van der Waals surface area (Å²) in [5.41, 5.74) is 0. The van der Waals surface area contributed by atoms with Gasteiger partial charge in [0.15, 0.2) is 0 Å². The zero-order chi connectivity index (χ0) is 13.6. The van der Waals surface area contributed by atoms with Crippen molar-refractivity contribution < 1.29 is 9.47 Å². The van der Waals surface area contributed by atoms with E-state index in [1.54, 1.807) is 0 Å². The van der Waals surface area contributed by atoms with E-state index in [1.165, 1.54) is 19.5 Å². The van der Waals surface area contributed by atoms with Crippen molar-refractivity contribution in [2.75, 3.05) is 26.2 Å². The number of rotatable bonds is 6. The summed E-state index contributed by atoms with van der Waals surface area (Å²) in [6.45, 7) is 4.20. The van der Waals surface area contributed by atoms with Crippen molar-refractivity contribution in [2.24, 2.45) is 0 Å². The lowest BCUT2D eigenvalue weighted by Gasteiger charge is -2.30. The SMILES string of the molecule is c1ccc(Oc2ccc(OCCN3CCC3)cc2)cc1. The summed E-state index contributed by atoms with van der Waals surface area (Å²) in [5, 5.41) is 0. The fraction of sp³-hybridized carbons (Fsp3) is 0.294. The Kier molecular flexibility index (Phi) is 4.19. The van der Waals surface area contributed by atoms with E-state index in [2.05, 4.69) is 4.90 Å². The van der Waals surface area contributed by atoms with Crippen molar-refractivity contribution in [3.05, 3.63) is 54.6 Å². The number of hydrogen-bond donors (Lipinski definition) is 0. The van der Waals surface area contributed by atoms with E-state index >= 15 is 0 Å². The highest BCUT2D eigenvalue weighted by Crippen LogP contribution is 2.23. The molecule has 0 saturated carbocycles. The molecule has 1 aliphatic heterocycles. The van der Waals surface area contributed by atoms with Crippen LogP contribution in [-0.4, -0.2) is 31.1 Å². The minimum absolute atomic E-state index is 0.749. The van der Waals surface area contributed by atoms with Crippen molar-refractivity contribution in [3.63, 3.8) is 0 Å². The van der Waals surface area contributed by atoms with Crippen LogP contribution in [0.2, 0.25) is 0 Å². The van der Waals surface area contributed by atoms with Gasteiger partial charge in [0.05, 0.1) is 0 Å². The van der Waals surface area contributed by atoms with Crippen LogP contribution < -0.4 is 9.47 Å². The van der Waals surface area contributed by atoms with Gasteiger partial charge in [-0.15, -0.1) is 0 Å². The Hall–Kier alpha value is -2.00. The summed E-state index contributed by atoms with van der Waals surface area (Å²) in [4.78, 5) is 2.40. The number of ether oxygens (including phenoxy) is 2. The molecule has 0 spiro atoms. The highest BCUT2D eigenvalue weighted by Gasteiger charge is 2.12. The lowest BCUT2D eigenvalue weighted by Crippen LogP contribution is -2.39. The maximum Gasteiger partial charge on any atom is 0.127 e. The minimum atomic E-state index is 0.749. The van der Waals surface area contributed by atoms with Gasteiger partial charge in [0.25, 0.3) is 0 Å². The Balaban J connectivity index is 1.49. The van der Waals surface area contributed by atoms with Gasteiger partial charge >= 0.3 is 0 Å². The minimum Gasteiger partial charge on any atom is -0.492 e. The summed E-state index contributed by atoms with van der Waals surface area (Å²) >= 11 is 0. The zero-order valence-corrected chi connectivity index (χ0v) is 11.5. The Morgan fingerprint density at radius 2 is 1.45 bits per heavy atom. The average Bonchev–Trinajstić information content (AvgIpc) is 2.44. The number of likely N-dealkylation sites (tertiary alicyclic amines) is 1. The molecule has 20 heavy (non-hydrogen) atoms. The molecule has 0 bridgehead atoms. The molecule has 3 rings (SSSR count). The van der Waals surface area contributed by atoms with Gasteiger partial charge in [-0.2, -0.15) is 0 Å². The summed E-state index contributed by atoms with van der Waals surface area (Å²) in [7, 11) is 0. The fourth-order valence-corrected chi connectivity index (χ4v) is 2.13. The molecule has 1 fully saturated rings. The molecule has 2 aromatic rings. The second-order valence-electron chi connectivity index (χ2n) is 4.93. The zero-order valence-electron chi connectivity index (χ0n) is 11.5. The van der Waals surface area contributed by atoms with Crippen LogP contribution in [0, 0.1) is 0 Å². The lowest BCUT2D eigenvalue weighted by molar-refractivity contribution is 0.147. The molecule has 104 valence electrons. The molecule has 0 amide bonds. The topological polar surface area (TPSA) is 21.7 Å². The molecule has 0 atom stereocenters. The second kappa shape index (κ2) is 6.44. The predicted molar refractivity (Wildman–Crippen MR) is 79.5 cm³/mol. The van der Waals surface area contributed by atoms with E-state index in [4.69, 9.17) is 9.47 Å². The molecule has 0 radical (unpaired) electrons. The van der Waals surface area contributed by atoms with Crippen molar-refractivity contribution >= 4 is 0 Å². The third-order valence-electron chi connectivity index (χ3n) is 3.43. The standard InChI is InChI=1S/C17H19NO2/c1-2-5-16(6-3-1)20-17-9-7-15(8-10-17)19-14-13-18-11-4-12-18/h1-3,5-10H,4,11-14H2. The van der Waals surface area contributed by atoms with Crippen LogP contribution in [0.4, 0.5) is 0 Å². The molecule has 0 aromatic heterocycles. The Labute approximate surface area is 119 Å². The van der Waals surface area contributed by atoms with Gasteiger partial charge in [0.1, 0.15) is 23.9 Å². The molecule has 3 heteroatoms. The maximum atomic E-state index is 5.74. The fourth-order valence-electron chi connectivity index (χ4n) is 2.13. The van der Waals surface area contributed by atoms with Crippen LogP contribution in [0.3, 0.4) is 0 Å². The highest BCUT2D eigenvalue weighted by atomic mass is 16.5. The summed E-state index contributed by atoms with van der Waals surface area (Å²) < 4.78 is 11.5. The van der Waals surface area contributed by atoms with E-state index < -0.39 is 0 Å². The van der Waals surface area contributed by atoms with E-state index in [0.717, 1.165) is 30.4 Å². The third-order valence-corrected chi connectivity index (χ3v) is 3.43. The molecule has 0 unspecified atom stereocenters. The Bertz CT molecular complexity index is 520. The van der Waals surface area contributed by atoms with E-state index in [1.807, 2.05) is 54.6 Å². The first kappa shape index (κ1) is 13.0. The molecule has 1 saturated heterocycles. The Morgan fingerprint density at radius 1 is 0.800 bits per heavy atom. The third kappa shape index (κ3) is 3.52. The highest BCUT2D eigenvalue weighted by molar-refractivity contribution is 5.35. The first-order valence-corrected chi connectivity index (χ1v) is 7.08. The van der Waals surface area contributed by atoms with Crippen molar-refractivity contribution in [2.45, 2.75) is 6.42 Å². The smallest absolute Gasteiger partial charge is 0.127 e. The van der Waals surface area contributed by atoms with Gasteiger partial charge in [-0.05, 0) is 55.9 Å². The summed E-state index contributed by atoms with van der Waals surface area (Å²) in [6, 6.07) is 17.6. The molecular weight excluding hydrogens is 250 g/mol. The van der Waals surface area contributed by atoms with Crippen molar-refractivity contribution in [1.82, 2.24) is 4.90 Å². The van der Waals surface area contributed by atoms with Gasteiger partial charge in [-0.25, -0.2) is 0 Å². The van der Waals surface area contributed by atoms with Crippen LogP contribution in [0.5, 0.6) is 17.2 Å². The Morgan fingerprint density at radius 3 is 2.10 bits per heavy atom. The van der Waals surface area contributed by atoms with Gasteiger partial charge in [0.2, 0.25) is 0 Å². The average molecular weight is 269 g/mol. The number of hydrogen-bond acceptors (Lipinski definition) is 3. The van der Waals surface area contributed by atoms with Crippen LogP contribution >= 0.6 is 0 Å². The molecule has 1 aliphatic rings. The van der Waals surface area contributed by atoms with Crippen molar-refractivity contribution in [1.29, 1.82) is 0 Å².